The Morgan fingerprint density at radius 2 is 1.88 bits per heavy atom. The maximum atomic E-state index is 12.7. The maximum Gasteiger partial charge on any atom is 0.266 e. The van der Waals surface area contributed by atoms with Crippen molar-refractivity contribution in [3.63, 3.8) is 0 Å². The second-order valence-electron chi connectivity index (χ2n) is 7.39. The maximum absolute atomic E-state index is 12.7. The molecular weight excluding hydrogens is 452 g/mol. The third-order valence-electron chi connectivity index (χ3n) is 4.83. The highest BCUT2D eigenvalue weighted by atomic mass is 35.5. The van der Waals surface area contributed by atoms with Crippen LogP contribution in [0, 0.1) is 18.3 Å². The molecular formula is C27H25ClN2O4. The van der Waals surface area contributed by atoms with Crippen LogP contribution in [0.1, 0.15) is 23.6 Å². The molecule has 3 aromatic rings. The fourth-order valence-corrected chi connectivity index (χ4v) is 3.42. The van der Waals surface area contributed by atoms with Crippen LogP contribution in [0.25, 0.3) is 6.08 Å². The largest absolute Gasteiger partial charge is 0.494 e. The number of amides is 1. The lowest BCUT2D eigenvalue weighted by molar-refractivity contribution is -0.112. The minimum atomic E-state index is -0.550. The molecule has 3 rings (SSSR count). The molecule has 174 valence electrons. The van der Waals surface area contributed by atoms with Crippen LogP contribution in [0.5, 0.6) is 17.2 Å². The first-order chi connectivity index (χ1) is 16.4. The Labute approximate surface area is 204 Å². The van der Waals surface area contributed by atoms with Gasteiger partial charge in [0.15, 0.2) is 11.5 Å². The zero-order valence-electron chi connectivity index (χ0n) is 19.2. The van der Waals surface area contributed by atoms with Crippen molar-refractivity contribution in [2.24, 2.45) is 0 Å². The molecule has 0 fully saturated rings. The summed E-state index contributed by atoms with van der Waals surface area (Å²) in [5.74, 6) is 0.858. The number of benzene rings is 3. The van der Waals surface area contributed by atoms with Gasteiger partial charge in [-0.05, 0) is 55.3 Å². The molecule has 0 atom stereocenters. The number of aryl methyl sites for hydroxylation is 1. The third-order valence-corrected chi connectivity index (χ3v) is 5.12. The summed E-state index contributed by atoms with van der Waals surface area (Å²) in [6, 6.07) is 20.2. The number of methoxy groups -OCH3 is 1. The molecule has 3 aromatic carbocycles. The van der Waals surface area contributed by atoms with E-state index >= 15 is 0 Å². The van der Waals surface area contributed by atoms with Crippen molar-refractivity contribution in [2.75, 3.05) is 19.0 Å². The summed E-state index contributed by atoms with van der Waals surface area (Å²) in [5, 5.41) is 12.6. The van der Waals surface area contributed by atoms with E-state index in [4.69, 9.17) is 25.8 Å². The number of carbonyl (C=O) groups is 1. The van der Waals surface area contributed by atoms with E-state index in [9.17, 15) is 10.1 Å². The van der Waals surface area contributed by atoms with Gasteiger partial charge in [-0.3, -0.25) is 4.79 Å². The molecule has 0 radical (unpaired) electrons. The van der Waals surface area contributed by atoms with E-state index in [1.165, 1.54) is 13.2 Å². The predicted molar refractivity (Wildman–Crippen MR) is 133 cm³/mol. The van der Waals surface area contributed by atoms with Gasteiger partial charge in [0.25, 0.3) is 5.91 Å². The minimum Gasteiger partial charge on any atom is -0.494 e. The number of hydrogen-bond acceptors (Lipinski definition) is 5. The number of anilines is 1. The van der Waals surface area contributed by atoms with Gasteiger partial charge in [-0.15, -0.1) is 0 Å². The number of hydrogen-bond donors (Lipinski definition) is 1. The predicted octanol–water partition coefficient (Wildman–Crippen LogP) is 6.18. The number of nitriles is 1. The Kier molecular flexibility index (Phi) is 8.55. The summed E-state index contributed by atoms with van der Waals surface area (Å²) in [5.41, 5.74) is 3.11. The molecule has 1 amide bonds. The van der Waals surface area contributed by atoms with Crippen LogP contribution in [0.3, 0.4) is 0 Å². The van der Waals surface area contributed by atoms with Crippen LogP contribution in [-0.4, -0.2) is 19.6 Å². The standard InChI is InChI=1S/C27H25ClN2O4/c1-4-33-23-7-5-6-22(15-23)30-27(31)21(16-29)12-20-13-24(28)26(25(14-20)32-3)34-17-19-10-8-18(2)9-11-19/h5-15H,4,17H2,1-3H3,(H,30,31)/b21-12-. The number of rotatable bonds is 9. The lowest BCUT2D eigenvalue weighted by Crippen LogP contribution is -2.13. The van der Waals surface area contributed by atoms with Gasteiger partial charge < -0.3 is 19.5 Å². The summed E-state index contributed by atoms with van der Waals surface area (Å²) in [7, 11) is 1.50. The van der Waals surface area contributed by atoms with Crippen molar-refractivity contribution < 1.29 is 19.0 Å². The summed E-state index contributed by atoms with van der Waals surface area (Å²) in [4.78, 5) is 12.7. The topological polar surface area (TPSA) is 80.6 Å². The van der Waals surface area contributed by atoms with E-state index in [1.807, 2.05) is 44.2 Å². The SMILES string of the molecule is CCOc1cccc(NC(=O)/C(C#N)=C\c2cc(Cl)c(OCc3ccc(C)cc3)c(OC)c2)c1. The number of halogens is 1. The molecule has 0 unspecified atom stereocenters. The normalized spacial score (nSPS) is 10.9. The Morgan fingerprint density at radius 3 is 2.56 bits per heavy atom. The van der Waals surface area contributed by atoms with Gasteiger partial charge >= 0.3 is 0 Å². The lowest BCUT2D eigenvalue weighted by Gasteiger charge is -2.14. The van der Waals surface area contributed by atoms with Crippen LogP contribution in [0.4, 0.5) is 5.69 Å². The minimum absolute atomic E-state index is 0.0896. The second kappa shape index (κ2) is 11.8. The third kappa shape index (κ3) is 6.53. The van der Waals surface area contributed by atoms with Gasteiger partial charge in [0.05, 0.1) is 18.7 Å². The van der Waals surface area contributed by atoms with Crippen LogP contribution >= 0.6 is 11.6 Å². The first-order valence-corrected chi connectivity index (χ1v) is 11.0. The molecule has 1 N–H and O–H groups in total. The van der Waals surface area contributed by atoms with E-state index in [0.717, 1.165) is 11.1 Å². The van der Waals surface area contributed by atoms with Crippen molar-refractivity contribution in [2.45, 2.75) is 20.5 Å². The highest BCUT2D eigenvalue weighted by molar-refractivity contribution is 6.32. The molecule has 0 heterocycles. The lowest BCUT2D eigenvalue weighted by atomic mass is 10.1. The Bertz CT molecular complexity index is 1230. The number of nitrogens with one attached hydrogen (secondary N) is 1. The van der Waals surface area contributed by atoms with Gasteiger partial charge in [-0.1, -0.05) is 47.5 Å². The highest BCUT2D eigenvalue weighted by Crippen LogP contribution is 2.37. The van der Waals surface area contributed by atoms with Crippen molar-refractivity contribution in [3.8, 4) is 23.3 Å². The molecule has 0 aromatic heterocycles. The Balaban J connectivity index is 1.79. The number of carbonyl (C=O) groups excluding carboxylic acids is 1. The van der Waals surface area contributed by atoms with Gasteiger partial charge in [-0.2, -0.15) is 5.26 Å². The molecule has 7 heteroatoms. The first-order valence-electron chi connectivity index (χ1n) is 10.7. The fraction of sp³-hybridized carbons (Fsp3) is 0.185. The molecule has 0 aliphatic carbocycles. The van der Waals surface area contributed by atoms with E-state index in [-0.39, 0.29) is 5.57 Å². The summed E-state index contributed by atoms with van der Waals surface area (Å²) in [6.45, 7) is 4.72. The fourth-order valence-electron chi connectivity index (χ4n) is 3.15. The van der Waals surface area contributed by atoms with E-state index in [1.54, 1.807) is 36.4 Å². The van der Waals surface area contributed by atoms with Crippen LogP contribution in [0.2, 0.25) is 5.02 Å². The molecule has 0 saturated carbocycles. The molecule has 0 aliphatic rings. The molecule has 0 saturated heterocycles. The second-order valence-corrected chi connectivity index (χ2v) is 7.80. The summed E-state index contributed by atoms with van der Waals surface area (Å²) in [6.07, 6.45) is 1.44. The van der Waals surface area contributed by atoms with Gasteiger partial charge in [-0.25, -0.2) is 0 Å². The van der Waals surface area contributed by atoms with Crippen molar-refractivity contribution >= 4 is 29.3 Å². The zero-order valence-corrected chi connectivity index (χ0v) is 20.0. The molecule has 6 nitrogen and oxygen atoms in total. The zero-order chi connectivity index (χ0) is 24.5. The Hall–Kier alpha value is -3.95. The van der Waals surface area contributed by atoms with E-state index in [2.05, 4.69) is 5.32 Å². The molecule has 34 heavy (non-hydrogen) atoms. The summed E-state index contributed by atoms with van der Waals surface area (Å²) < 4.78 is 16.8. The van der Waals surface area contributed by atoms with Crippen LogP contribution in [0.15, 0.2) is 66.2 Å². The van der Waals surface area contributed by atoms with Crippen molar-refractivity contribution in [3.05, 3.63) is 87.9 Å². The first kappa shape index (κ1) is 24.7. The molecule has 0 aliphatic heterocycles. The van der Waals surface area contributed by atoms with Gasteiger partial charge in [0.1, 0.15) is 24.0 Å². The average molecular weight is 477 g/mol. The quantitative estimate of drug-likeness (QED) is 0.294. The highest BCUT2D eigenvalue weighted by Gasteiger charge is 2.15. The van der Waals surface area contributed by atoms with Gasteiger partial charge in [0.2, 0.25) is 0 Å². The van der Waals surface area contributed by atoms with Crippen molar-refractivity contribution in [1.29, 1.82) is 5.26 Å². The van der Waals surface area contributed by atoms with Gasteiger partial charge in [0, 0.05) is 11.8 Å². The molecule has 0 spiro atoms. The van der Waals surface area contributed by atoms with Crippen LogP contribution < -0.4 is 19.5 Å². The number of ether oxygens (including phenoxy) is 3. The van der Waals surface area contributed by atoms with E-state index < -0.39 is 5.91 Å². The Morgan fingerprint density at radius 1 is 1.12 bits per heavy atom. The molecule has 0 bridgehead atoms. The smallest absolute Gasteiger partial charge is 0.266 e. The summed E-state index contributed by atoms with van der Waals surface area (Å²) >= 11 is 6.46. The van der Waals surface area contributed by atoms with Crippen LogP contribution in [-0.2, 0) is 11.4 Å². The van der Waals surface area contributed by atoms with E-state index in [0.29, 0.717) is 46.7 Å². The number of nitrogens with zero attached hydrogens (tertiary/aromatic N) is 1. The van der Waals surface area contributed by atoms with Crippen molar-refractivity contribution in [1.82, 2.24) is 0 Å². The monoisotopic (exact) mass is 476 g/mol. The average Bonchev–Trinajstić information content (AvgIpc) is 2.83.